The van der Waals surface area contributed by atoms with Crippen molar-refractivity contribution >= 4 is 5.91 Å². The lowest BCUT2D eigenvalue weighted by Gasteiger charge is -2.02. The summed E-state index contributed by atoms with van der Waals surface area (Å²) in [6.07, 6.45) is 0. The molecule has 5 heteroatoms. The molecule has 0 aliphatic carbocycles. The molecule has 96 valence electrons. The summed E-state index contributed by atoms with van der Waals surface area (Å²) in [7, 11) is 1.44. The summed E-state index contributed by atoms with van der Waals surface area (Å²) < 4.78 is 22.8. The summed E-state index contributed by atoms with van der Waals surface area (Å²) in [5.74, 6) is 4.85. The van der Waals surface area contributed by atoms with Gasteiger partial charge in [-0.3, -0.25) is 4.79 Å². The average Bonchev–Trinajstić information content (AvgIpc) is 2.36. The highest BCUT2D eigenvalue weighted by Crippen LogP contribution is 2.14. The quantitative estimate of drug-likeness (QED) is 0.793. The summed E-state index contributed by atoms with van der Waals surface area (Å²) in [5, 5.41) is 2.53. The lowest BCUT2D eigenvalue weighted by atomic mass is 10.3. The number of carbonyl (C=O) groups is 1. The van der Waals surface area contributed by atoms with Gasteiger partial charge in [0.2, 0.25) is 5.91 Å². The molecule has 1 aromatic carbocycles. The molecular weight excluding hydrogens is 237 g/mol. The molecule has 0 atom stereocenters. The first kappa shape index (κ1) is 14.0. The van der Waals surface area contributed by atoms with Crippen LogP contribution >= 0.6 is 0 Å². The second kappa shape index (κ2) is 8.09. The SMILES string of the molecule is COCC(=O)NCC#CCOc1ccccc1F. The third-order valence-corrected chi connectivity index (χ3v) is 1.91. The Kier molecular flexibility index (Phi) is 6.30. The van der Waals surface area contributed by atoms with E-state index in [9.17, 15) is 9.18 Å². The molecule has 0 saturated carbocycles. The number of para-hydroxylation sites is 1. The molecule has 4 nitrogen and oxygen atoms in total. The van der Waals surface area contributed by atoms with Crippen LogP contribution < -0.4 is 10.1 Å². The fraction of sp³-hybridized carbons (Fsp3) is 0.308. The van der Waals surface area contributed by atoms with Gasteiger partial charge < -0.3 is 14.8 Å². The highest BCUT2D eigenvalue weighted by atomic mass is 19.1. The lowest BCUT2D eigenvalue weighted by Crippen LogP contribution is -2.27. The molecule has 0 spiro atoms. The summed E-state index contributed by atoms with van der Waals surface area (Å²) in [4.78, 5) is 11.0. The van der Waals surface area contributed by atoms with Crippen LogP contribution in [0.2, 0.25) is 0 Å². The normalized spacial score (nSPS) is 9.22. The summed E-state index contributed by atoms with van der Waals surface area (Å²) in [6.45, 7) is 0.289. The maximum Gasteiger partial charge on any atom is 0.246 e. The van der Waals surface area contributed by atoms with Crippen LogP contribution in [0.4, 0.5) is 4.39 Å². The Morgan fingerprint density at radius 3 is 2.89 bits per heavy atom. The lowest BCUT2D eigenvalue weighted by molar-refractivity contribution is -0.124. The zero-order chi connectivity index (χ0) is 13.2. The fourth-order valence-corrected chi connectivity index (χ4v) is 1.11. The molecule has 0 radical (unpaired) electrons. The first-order valence-electron chi connectivity index (χ1n) is 5.32. The smallest absolute Gasteiger partial charge is 0.246 e. The van der Waals surface area contributed by atoms with E-state index in [1.54, 1.807) is 12.1 Å². The topological polar surface area (TPSA) is 47.6 Å². The molecule has 0 fully saturated rings. The van der Waals surface area contributed by atoms with E-state index in [0.29, 0.717) is 0 Å². The fourth-order valence-electron chi connectivity index (χ4n) is 1.11. The number of rotatable bonds is 5. The minimum atomic E-state index is -0.423. The molecule has 1 aromatic rings. The average molecular weight is 251 g/mol. The number of benzene rings is 1. The predicted molar refractivity (Wildman–Crippen MR) is 64.6 cm³/mol. The summed E-state index contributed by atoms with van der Waals surface area (Å²) >= 11 is 0. The van der Waals surface area contributed by atoms with Gasteiger partial charge in [-0.2, -0.15) is 0 Å². The minimum Gasteiger partial charge on any atom is -0.478 e. The van der Waals surface area contributed by atoms with Gasteiger partial charge in [-0.05, 0) is 12.1 Å². The molecule has 0 unspecified atom stereocenters. The Bertz CT molecular complexity index is 451. The van der Waals surface area contributed by atoms with Crippen LogP contribution in [-0.4, -0.2) is 32.8 Å². The third kappa shape index (κ3) is 5.32. The molecule has 1 amide bonds. The number of hydrogen-bond donors (Lipinski definition) is 1. The van der Waals surface area contributed by atoms with Gasteiger partial charge in [-0.1, -0.05) is 24.0 Å². The van der Waals surface area contributed by atoms with E-state index in [4.69, 9.17) is 4.74 Å². The number of carbonyl (C=O) groups excluding carboxylic acids is 1. The molecule has 1 rings (SSSR count). The number of ether oxygens (including phenoxy) is 2. The van der Waals surface area contributed by atoms with Crippen LogP contribution in [0, 0.1) is 17.7 Å². The number of halogens is 1. The Morgan fingerprint density at radius 2 is 2.17 bits per heavy atom. The highest BCUT2D eigenvalue weighted by Gasteiger charge is 1.99. The van der Waals surface area contributed by atoms with Crippen molar-refractivity contribution in [2.75, 3.05) is 26.9 Å². The second-order valence-corrected chi connectivity index (χ2v) is 3.28. The molecule has 0 aliphatic heterocycles. The van der Waals surface area contributed by atoms with Gasteiger partial charge in [0.25, 0.3) is 0 Å². The van der Waals surface area contributed by atoms with E-state index in [-0.39, 0.29) is 31.4 Å². The van der Waals surface area contributed by atoms with Gasteiger partial charge >= 0.3 is 0 Å². The Hall–Kier alpha value is -2.06. The van der Waals surface area contributed by atoms with E-state index in [2.05, 4.69) is 21.9 Å². The van der Waals surface area contributed by atoms with E-state index >= 15 is 0 Å². The maximum absolute atomic E-state index is 13.1. The van der Waals surface area contributed by atoms with Crippen LogP contribution in [0.3, 0.4) is 0 Å². The molecule has 1 N–H and O–H groups in total. The standard InChI is InChI=1S/C13H14FNO3/c1-17-10-13(16)15-8-4-5-9-18-12-7-3-2-6-11(12)14/h2-3,6-7H,8-10H2,1H3,(H,15,16). The van der Waals surface area contributed by atoms with Crippen molar-refractivity contribution in [3.8, 4) is 17.6 Å². The van der Waals surface area contributed by atoms with Crippen molar-refractivity contribution in [2.24, 2.45) is 0 Å². The second-order valence-electron chi connectivity index (χ2n) is 3.28. The van der Waals surface area contributed by atoms with Crippen molar-refractivity contribution in [3.63, 3.8) is 0 Å². The number of nitrogens with one attached hydrogen (secondary N) is 1. The van der Waals surface area contributed by atoms with Gasteiger partial charge in [0.1, 0.15) is 13.2 Å². The molecule has 0 aromatic heterocycles. The largest absolute Gasteiger partial charge is 0.478 e. The Balaban J connectivity index is 2.22. The molecule has 0 saturated heterocycles. The number of amides is 1. The van der Waals surface area contributed by atoms with E-state index in [0.717, 1.165) is 0 Å². The van der Waals surface area contributed by atoms with Crippen molar-refractivity contribution in [2.45, 2.75) is 0 Å². The van der Waals surface area contributed by atoms with Gasteiger partial charge in [0, 0.05) is 7.11 Å². The number of methoxy groups -OCH3 is 1. The monoisotopic (exact) mass is 251 g/mol. The van der Waals surface area contributed by atoms with Crippen molar-refractivity contribution in [1.29, 1.82) is 0 Å². The molecule has 18 heavy (non-hydrogen) atoms. The van der Waals surface area contributed by atoms with Gasteiger partial charge in [-0.25, -0.2) is 4.39 Å². The van der Waals surface area contributed by atoms with E-state index < -0.39 is 5.82 Å². The summed E-state index contributed by atoms with van der Waals surface area (Å²) in [5.41, 5.74) is 0. The van der Waals surface area contributed by atoms with Gasteiger partial charge in [-0.15, -0.1) is 0 Å². The van der Waals surface area contributed by atoms with E-state index in [1.165, 1.54) is 19.2 Å². The molecular formula is C13H14FNO3. The van der Waals surface area contributed by atoms with Gasteiger partial charge in [0.05, 0.1) is 6.54 Å². The van der Waals surface area contributed by atoms with E-state index in [1.807, 2.05) is 0 Å². The zero-order valence-corrected chi connectivity index (χ0v) is 10.0. The summed E-state index contributed by atoms with van der Waals surface area (Å²) in [6, 6.07) is 6.10. The van der Waals surface area contributed by atoms with Crippen LogP contribution in [0.25, 0.3) is 0 Å². The minimum absolute atomic E-state index is 0.00735. The van der Waals surface area contributed by atoms with Crippen LogP contribution in [0.15, 0.2) is 24.3 Å². The van der Waals surface area contributed by atoms with Crippen molar-refractivity contribution in [3.05, 3.63) is 30.1 Å². The third-order valence-electron chi connectivity index (χ3n) is 1.91. The van der Waals surface area contributed by atoms with Crippen molar-refractivity contribution < 1.29 is 18.7 Å². The highest BCUT2D eigenvalue weighted by molar-refractivity contribution is 5.77. The molecule has 0 aliphatic rings. The van der Waals surface area contributed by atoms with Crippen LogP contribution in [0.1, 0.15) is 0 Å². The van der Waals surface area contributed by atoms with Crippen molar-refractivity contribution in [1.82, 2.24) is 5.32 Å². The molecule has 0 bridgehead atoms. The first-order chi connectivity index (χ1) is 8.74. The Labute approximate surface area is 105 Å². The molecule has 0 heterocycles. The van der Waals surface area contributed by atoms with Crippen LogP contribution in [-0.2, 0) is 9.53 Å². The maximum atomic E-state index is 13.1. The Morgan fingerprint density at radius 1 is 1.39 bits per heavy atom. The van der Waals surface area contributed by atoms with Crippen LogP contribution in [0.5, 0.6) is 5.75 Å². The zero-order valence-electron chi connectivity index (χ0n) is 10.0. The number of hydrogen-bond acceptors (Lipinski definition) is 3. The predicted octanol–water partition coefficient (Wildman–Crippen LogP) is 0.970. The van der Waals surface area contributed by atoms with Gasteiger partial charge in [0.15, 0.2) is 11.6 Å². The first-order valence-corrected chi connectivity index (χ1v) is 5.32.